The molecule has 2 aliphatic heterocycles. The van der Waals surface area contributed by atoms with Gasteiger partial charge in [0.1, 0.15) is 18.0 Å². The van der Waals surface area contributed by atoms with Gasteiger partial charge in [-0.15, -0.1) is 0 Å². The molecule has 1 amide bonds. The molecule has 3 aliphatic carbocycles. The molecule has 0 radical (unpaired) electrons. The van der Waals surface area contributed by atoms with Crippen LogP contribution in [0.5, 0.6) is 0 Å². The highest BCUT2D eigenvalue weighted by atomic mass is 16.6. The van der Waals surface area contributed by atoms with Crippen LogP contribution in [-0.2, 0) is 28.6 Å². The second-order valence-corrected chi connectivity index (χ2v) is 12.9. The lowest BCUT2D eigenvalue weighted by atomic mass is 9.46. The highest BCUT2D eigenvalue weighted by Gasteiger charge is 2.74. The number of amides is 1. The molecule has 1 saturated carbocycles. The average molecular weight is 586 g/mol. The number of ether oxygens (including phenoxy) is 3. The maximum atomic E-state index is 13.8. The molecule has 0 bridgehead atoms. The molecule has 1 N–H and O–H groups in total. The van der Waals surface area contributed by atoms with E-state index in [9.17, 15) is 19.2 Å². The summed E-state index contributed by atoms with van der Waals surface area (Å²) in [5.74, 6) is -1.49. The highest BCUT2D eigenvalue weighted by molar-refractivity contribution is 6.00. The number of hydrogen-bond acceptors (Lipinski definition) is 8. The average Bonchev–Trinajstić information content (AvgIpc) is 3.76. The Hall–Kier alpha value is -3.98. The number of carbonyl (C=O) groups excluding carboxylic acids is 4. The van der Waals surface area contributed by atoms with E-state index in [1.165, 1.54) is 13.2 Å². The first-order chi connectivity index (χ1) is 20.5. The maximum absolute atomic E-state index is 13.8. The van der Waals surface area contributed by atoms with Gasteiger partial charge in [-0.25, -0.2) is 0 Å². The fraction of sp³-hybridized carbons (Fsp3) is 0.471. The van der Waals surface area contributed by atoms with Crippen LogP contribution >= 0.6 is 0 Å². The third kappa shape index (κ3) is 3.66. The van der Waals surface area contributed by atoms with Crippen molar-refractivity contribution >= 4 is 23.6 Å². The largest absolute Gasteiger partial charge is 0.469 e. The first-order valence-electron chi connectivity index (χ1n) is 14.8. The number of hydrogen-bond donors (Lipinski definition) is 1. The van der Waals surface area contributed by atoms with Gasteiger partial charge in [0.05, 0.1) is 24.9 Å². The van der Waals surface area contributed by atoms with E-state index >= 15 is 0 Å². The first kappa shape index (κ1) is 27.8. The molecule has 1 aromatic heterocycles. The van der Waals surface area contributed by atoms with Gasteiger partial charge in [-0.2, -0.15) is 0 Å². The topological polar surface area (TPSA) is 121 Å². The number of carbonyl (C=O) groups is 4. The van der Waals surface area contributed by atoms with Gasteiger partial charge in [0.2, 0.25) is 0 Å². The van der Waals surface area contributed by atoms with E-state index in [-0.39, 0.29) is 42.0 Å². The lowest BCUT2D eigenvalue weighted by Gasteiger charge is -2.55. The van der Waals surface area contributed by atoms with E-state index in [2.05, 4.69) is 12.2 Å². The van der Waals surface area contributed by atoms with Gasteiger partial charge in [-0.05, 0) is 56.0 Å². The van der Waals surface area contributed by atoms with Crippen molar-refractivity contribution in [3.8, 4) is 11.3 Å². The second kappa shape index (κ2) is 9.51. The summed E-state index contributed by atoms with van der Waals surface area (Å²) in [6, 6.07) is 9.26. The molecule has 9 nitrogen and oxygen atoms in total. The quantitative estimate of drug-likeness (QED) is 0.406. The molecule has 0 spiro atoms. The van der Waals surface area contributed by atoms with Crippen molar-refractivity contribution in [1.82, 2.24) is 5.32 Å². The van der Waals surface area contributed by atoms with Gasteiger partial charge in [0.15, 0.2) is 5.78 Å². The second-order valence-electron chi connectivity index (χ2n) is 12.9. The summed E-state index contributed by atoms with van der Waals surface area (Å²) < 4.78 is 24.0. The number of rotatable bonds is 5. The summed E-state index contributed by atoms with van der Waals surface area (Å²) in [5, 5.41) is 2.64. The molecule has 7 rings (SSSR count). The number of esters is 2. The van der Waals surface area contributed by atoms with Crippen molar-refractivity contribution in [2.24, 2.45) is 28.6 Å². The molecule has 2 saturated heterocycles. The summed E-state index contributed by atoms with van der Waals surface area (Å²) in [6.45, 7) is 5.82. The van der Waals surface area contributed by atoms with Gasteiger partial charge in [0.25, 0.3) is 5.91 Å². The Kier molecular flexibility index (Phi) is 6.15. The number of ketones is 1. The third-order valence-corrected chi connectivity index (χ3v) is 11.1. The van der Waals surface area contributed by atoms with Gasteiger partial charge in [-0.3, -0.25) is 19.2 Å². The van der Waals surface area contributed by atoms with Crippen molar-refractivity contribution in [2.45, 2.75) is 57.8 Å². The number of nitrogens with one attached hydrogen (secondary N) is 1. The van der Waals surface area contributed by atoms with E-state index in [1.807, 2.05) is 32.0 Å². The molecular formula is C34H35NO8. The Morgan fingerprint density at radius 3 is 2.53 bits per heavy atom. The van der Waals surface area contributed by atoms with Crippen LogP contribution in [0.25, 0.3) is 11.3 Å². The summed E-state index contributed by atoms with van der Waals surface area (Å²) in [7, 11) is 2.95. The van der Waals surface area contributed by atoms with Crippen molar-refractivity contribution in [1.29, 1.82) is 0 Å². The maximum Gasteiger partial charge on any atom is 0.316 e. The van der Waals surface area contributed by atoms with Crippen molar-refractivity contribution in [2.75, 3.05) is 14.2 Å². The number of allylic oxidation sites excluding steroid dienone is 2. The van der Waals surface area contributed by atoms with Crippen LogP contribution in [0, 0.1) is 28.6 Å². The molecule has 3 fully saturated rings. The standard InChI is InChI=1S/C34H35NO8/c1-16-20(19-11-13-41-27(19)17-6-8-18(9-7-17)31(38)35-4)14-22-25(16)26-21(15-24(37)40-5)34(3)23(36)10-12-33(2)30(34)29(28(26)42-22)43-32(33)39/h6-13,20-22,26,28-30H,14-15H2,1-5H3,(H,35,38)/t20-,21+,22-,26?,28+,29+,30?,33-,34+/m1/s1. The zero-order valence-electron chi connectivity index (χ0n) is 24.8. The van der Waals surface area contributed by atoms with Crippen LogP contribution < -0.4 is 5.32 Å². The molecule has 2 unspecified atom stereocenters. The molecular weight excluding hydrogens is 550 g/mol. The SMILES string of the molecule is CNC(=O)c1ccc(-c2occc2[C@@H]2C[C@H]3O[C@H]4C(C3=C2C)[C@H](CC(=O)OC)[C@@]2(C)C(=O)C=C[C@@]3(C)C(=O)O[C@@H]4C32)cc1. The Bertz CT molecular complexity index is 1620. The normalized spacial score (nSPS) is 37.1. The number of methoxy groups -OCH3 is 1. The van der Waals surface area contributed by atoms with Crippen LogP contribution in [0.4, 0.5) is 0 Å². The highest BCUT2D eigenvalue weighted by Crippen LogP contribution is 2.67. The third-order valence-electron chi connectivity index (χ3n) is 11.1. The van der Waals surface area contributed by atoms with Gasteiger partial charge in [0, 0.05) is 53.3 Å². The first-order valence-corrected chi connectivity index (χ1v) is 14.8. The van der Waals surface area contributed by atoms with E-state index in [4.69, 9.17) is 18.6 Å². The fourth-order valence-electron chi connectivity index (χ4n) is 9.01. The van der Waals surface area contributed by atoms with Gasteiger partial charge < -0.3 is 23.9 Å². The molecule has 9 atom stereocenters. The molecule has 9 heteroatoms. The minimum atomic E-state index is -1.02. The Labute approximate surface area is 249 Å². The lowest BCUT2D eigenvalue weighted by Crippen LogP contribution is -2.62. The predicted molar refractivity (Wildman–Crippen MR) is 154 cm³/mol. The van der Waals surface area contributed by atoms with Gasteiger partial charge in [-0.1, -0.05) is 30.7 Å². The number of furan rings is 1. The zero-order valence-corrected chi connectivity index (χ0v) is 24.8. The molecule has 43 heavy (non-hydrogen) atoms. The monoisotopic (exact) mass is 585 g/mol. The Morgan fingerprint density at radius 2 is 1.84 bits per heavy atom. The number of benzene rings is 1. The Morgan fingerprint density at radius 1 is 1.09 bits per heavy atom. The van der Waals surface area contributed by atoms with Crippen molar-refractivity contribution in [3.63, 3.8) is 0 Å². The van der Waals surface area contributed by atoms with Crippen molar-refractivity contribution in [3.05, 3.63) is 71.0 Å². The molecule has 3 heterocycles. The predicted octanol–water partition coefficient (Wildman–Crippen LogP) is 4.38. The zero-order chi connectivity index (χ0) is 30.4. The molecule has 1 aromatic carbocycles. The number of fused-ring (bicyclic) bond motifs is 4. The fourth-order valence-corrected chi connectivity index (χ4v) is 9.01. The summed E-state index contributed by atoms with van der Waals surface area (Å²) in [5.41, 5.74) is 2.63. The van der Waals surface area contributed by atoms with Crippen LogP contribution in [0.15, 0.2) is 64.3 Å². The summed E-state index contributed by atoms with van der Waals surface area (Å²) >= 11 is 0. The molecule has 2 aromatic rings. The van der Waals surface area contributed by atoms with Crippen LogP contribution in [0.1, 0.15) is 55.5 Å². The minimum Gasteiger partial charge on any atom is -0.469 e. The van der Waals surface area contributed by atoms with Crippen LogP contribution in [-0.4, -0.2) is 56.1 Å². The van der Waals surface area contributed by atoms with E-state index < -0.39 is 40.8 Å². The van der Waals surface area contributed by atoms with E-state index in [1.54, 1.807) is 31.5 Å². The Balaban J connectivity index is 1.31. The smallest absolute Gasteiger partial charge is 0.316 e. The van der Waals surface area contributed by atoms with E-state index in [0.29, 0.717) is 12.0 Å². The summed E-state index contributed by atoms with van der Waals surface area (Å²) in [4.78, 5) is 52.0. The summed E-state index contributed by atoms with van der Waals surface area (Å²) in [6.07, 6.45) is 4.24. The van der Waals surface area contributed by atoms with Crippen molar-refractivity contribution < 1.29 is 37.8 Å². The minimum absolute atomic E-state index is 0.0176. The van der Waals surface area contributed by atoms with Gasteiger partial charge >= 0.3 is 11.9 Å². The molecule has 224 valence electrons. The molecule has 5 aliphatic rings. The van der Waals surface area contributed by atoms with Crippen LogP contribution in [0.3, 0.4) is 0 Å². The van der Waals surface area contributed by atoms with E-state index in [0.717, 1.165) is 28.0 Å². The van der Waals surface area contributed by atoms with Crippen LogP contribution in [0.2, 0.25) is 0 Å². The lowest BCUT2D eigenvalue weighted by molar-refractivity contribution is -0.173.